The number of carbonyl (C=O) groups is 2. The van der Waals surface area contributed by atoms with Crippen molar-refractivity contribution in [3.8, 4) is 0 Å². The zero-order valence-electron chi connectivity index (χ0n) is 11.9. The molecule has 0 unspecified atom stereocenters. The number of ether oxygens (including phenoxy) is 1. The highest BCUT2D eigenvalue weighted by Crippen LogP contribution is 2.30. The maximum absolute atomic E-state index is 12.5. The maximum atomic E-state index is 12.5. The van der Waals surface area contributed by atoms with Crippen LogP contribution in [0.15, 0.2) is 30.5 Å². The van der Waals surface area contributed by atoms with E-state index in [1.807, 2.05) is 0 Å². The molecule has 0 amide bonds. The molecule has 0 fully saturated rings. The van der Waals surface area contributed by atoms with Gasteiger partial charge in [-0.25, -0.2) is 4.79 Å². The minimum absolute atomic E-state index is 0.106. The van der Waals surface area contributed by atoms with Crippen molar-refractivity contribution in [1.29, 1.82) is 0 Å². The van der Waals surface area contributed by atoms with Gasteiger partial charge in [-0.05, 0) is 26.0 Å². The number of carboxylic acid groups (broad SMARTS) is 1. The Hall–Kier alpha value is -2.38. The molecular formula is C14H14F3NO4. The third-order valence-corrected chi connectivity index (χ3v) is 2.74. The van der Waals surface area contributed by atoms with Crippen molar-refractivity contribution in [2.75, 3.05) is 0 Å². The molecule has 0 atom stereocenters. The van der Waals surface area contributed by atoms with Gasteiger partial charge in [0.2, 0.25) is 0 Å². The first kappa shape index (κ1) is 17.7. The zero-order valence-corrected chi connectivity index (χ0v) is 11.9. The van der Waals surface area contributed by atoms with Crippen molar-refractivity contribution in [3.05, 3.63) is 41.7 Å². The van der Waals surface area contributed by atoms with E-state index in [0.717, 1.165) is 12.1 Å². The van der Waals surface area contributed by atoms with Crippen LogP contribution in [0.4, 0.5) is 13.2 Å². The summed E-state index contributed by atoms with van der Waals surface area (Å²) < 4.78 is 42.4. The second-order valence-electron chi connectivity index (χ2n) is 5.00. The molecule has 0 spiro atoms. The molecular weight excluding hydrogens is 303 g/mol. The van der Waals surface area contributed by atoms with E-state index in [2.05, 4.69) is 11.6 Å². The molecule has 0 aliphatic carbocycles. The minimum Gasteiger partial charge on any atom is -0.478 e. The second-order valence-corrected chi connectivity index (χ2v) is 5.00. The number of pyridine rings is 1. The summed E-state index contributed by atoms with van der Waals surface area (Å²) in [5, 5.41) is 8.63. The van der Waals surface area contributed by atoms with Gasteiger partial charge in [0.25, 0.3) is 0 Å². The number of aromatic nitrogens is 1. The quantitative estimate of drug-likeness (QED) is 0.667. The van der Waals surface area contributed by atoms with Gasteiger partial charge in [0.05, 0.1) is 17.7 Å². The van der Waals surface area contributed by atoms with Crippen LogP contribution in [-0.4, -0.2) is 22.0 Å². The molecule has 0 aliphatic heterocycles. The summed E-state index contributed by atoms with van der Waals surface area (Å²) in [5.41, 5.74) is -2.46. The number of esters is 1. The van der Waals surface area contributed by atoms with Crippen LogP contribution >= 0.6 is 0 Å². The second kappa shape index (κ2) is 6.17. The number of alkyl halides is 3. The molecule has 0 saturated carbocycles. The zero-order chi connectivity index (χ0) is 17.1. The molecule has 0 saturated heterocycles. The van der Waals surface area contributed by atoms with Gasteiger partial charge in [-0.15, -0.1) is 0 Å². The summed E-state index contributed by atoms with van der Waals surface area (Å²) in [7, 11) is 0. The van der Waals surface area contributed by atoms with Crippen molar-refractivity contribution >= 4 is 11.9 Å². The molecule has 0 radical (unpaired) electrons. The smallest absolute Gasteiger partial charge is 0.417 e. The Morgan fingerprint density at radius 2 is 1.91 bits per heavy atom. The van der Waals surface area contributed by atoms with Gasteiger partial charge >= 0.3 is 18.1 Å². The van der Waals surface area contributed by atoms with Crippen molar-refractivity contribution in [2.24, 2.45) is 0 Å². The highest BCUT2D eigenvalue weighted by Gasteiger charge is 2.33. The lowest BCUT2D eigenvalue weighted by Gasteiger charge is -2.25. The normalized spacial score (nSPS) is 11.9. The summed E-state index contributed by atoms with van der Waals surface area (Å²) in [6.45, 7) is 6.06. The van der Waals surface area contributed by atoms with Gasteiger partial charge < -0.3 is 9.84 Å². The molecule has 8 heteroatoms. The van der Waals surface area contributed by atoms with Crippen molar-refractivity contribution in [1.82, 2.24) is 4.98 Å². The lowest BCUT2D eigenvalue weighted by atomic mass is 10.0. The molecule has 0 aliphatic rings. The number of carbonyl (C=O) groups excluding carboxylic acids is 1. The van der Waals surface area contributed by atoms with Crippen LogP contribution in [0.1, 0.15) is 31.5 Å². The van der Waals surface area contributed by atoms with Crippen LogP contribution in [0, 0.1) is 0 Å². The van der Waals surface area contributed by atoms with E-state index in [1.54, 1.807) is 0 Å². The number of carboxylic acids is 1. The Balaban J connectivity index is 2.84. The van der Waals surface area contributed by atoms with Gasteiger partial charge in [0.15, 0.2) is 0 Å². The molecule has 22 heavy (non-hydrogen) atoms. The van der Waals surface area contributed by atoms with Crippen molar-refractivity contribution in [3.63, 3.8) is 0 Å². The van der Waals surface area contributed by atoms with Gasteiger partial charge in [0.1, 0.15) is 5.60 Å². The third kappa shape index (κ3) is 4.57. The minimum atomic E-state index is -4.51. The Bertz CT molecular complexity index is 591. The summed E-state index contributed by atoms with van der Waals surface area (Å²) in [6.07, 6.45) is -4.40. The van der Waals surface area contributed by atoms with Gasteiger partial charge in [-0.3, -0.25) is 9.78 Å². The molecule has 1 aromatic rings. The Morgan fingerprint density at radius 3 is 2.32 bits per heavy atom. The number of nitrogens with zero attached hydrogens (tertiary/aromatic N) is 1. The summed E-state index contributed by atoms with van der Waals surface area (Å²) in [4.78, 5) is 25.8. The van der Waals surface area contributed by atoms with E-state index >= 15 is 0 Å². The molecule has 5 nitrogen and oxygen atoms in total. The average molecular weight is 317 g/mol. The van der Waals surface area contributed by atoms with Crippen LogP contribution in [0.3, 0.4) is 0 Å². The average Bonchev–Trinajstić information content (AvgIpc) is 2.36. The van der Waals surface area contributed by atoms with Crippen molar-refractivity contribution in [2.45, 2.75) is 32.0 Å². The van der Waals surface area contributed by atoms with Crippen LogP contribution in [0.5, 0.6) is 0 Å². The van der Waals surface area contributed by atoms with Gasteiger partial charge in [-0.1, -0.05) is 6.58 Å². The SMILES string of the molecule is C=C(CC(=O)OC(C)(C)c1ccc(C(F)(F)F)cn1)C(=O)O. The van der Waals surface area contributed by atoms with Gasteiger partial charge in [0, 0.05) is 11.8 Å². The summed E-state index contributed by atoms with van der Waals surface area (Å²) >= 11 is 0. The van der Waals surface area contributed by atoms with E-state index in [4.69, 9.17) is 9.84 Å². The topological polar surface area (TPSA) is 76.5 Å². The number of hydrogen-bond acceptors (Lipinski definition) is 4. The van der Waals surface area contributed by atoms with E-state index in [0.29, 0.717) is 6.20 Å². The molecule has 1 heterocycles. The monoisotopic (exact) mass is 317 g/mol. The summed E-state index contributed by atoms with van der Waals surface area (Å²) in [6, 6.07) is 1.93. The predicted octanol–water partition coefficient (Wildman–Crippen LogP) is 2.91. The first-order valence-electron chi connectivity index (χ1n) is 6.10. The number of rotatable bonds is 5. The highest BCUT2D eigenvalue weighted by molar-refractivity contribution is 5.91. The fourth-order valence-corrected chi connectivity index (χ4v) is 1.54. The van der Waals surface area contributed by atoms with Crippen LogP contribution in [0.2, 0.25) is 0 Å². The predicted molar refractivity (Wildman–Crippen MR) is 69.7 cm³/mol. The summed E-state index contributed by atoms with van der Waals surface area (Å²) in [5.74, 6) is -2.19. The molecule has 1 N–H and O–H groups in total. The van der Waals surface area contributed by atoms with Gasteiger partial charge in [-0.2, -0.15) is 13.2 Å². The molecule has 0 bridgehead atoms. The molecule has 1 rings (SSSR count). The lowest BCUT2D eigenvalue weighted by molar-refractivity contribution is -0.158. The number of aliphatic carboxylic acids is 1. The first-order chi connectivity index (χ1) is 9.93. The first-order valence-corrected chi connectivity index (χ1v) is 6.10. The molecule has 120 valence electrons. The maximum Gasteiger partial charge on any atom is 0.417 e. The van der Waals surface area contributed by atoms with E-state index in [9.17, 15) is 22.8 Å². The van der Waals surface area contributed by atoms with Crippen LogP contribution in [-0.2, 0) is 26.1 Å². The van der Waals surface area contributed by atoms with Crippen LogP contribution in [0.25, 0.3) is 0 Å². The number of hydrogen-bond donors (Lipinski definition) is 1. The Morgan fingerprint density at radius 1 is 1.32 bits per heavy atom. The van der Waals surface area contributed by atoms with Crippen molar-refractivity contribution < 1.29 is 32.6 Å². The fraction of sp³-hybridized carbons (Fsp3) is 0.357. The number of halogens is 3. The highest BCUT2D eigenvalue weighted by atomic mass is 19.4. The van der Waals surface area contributed by atoms with E-state index < -0.39 is 35.7 Å². The van der Waals surface area contributed by atoms with E-state index in [-0.39, 0.29) is 11.3 Å². The Kier molecular flexibility index (Phi) is 4.95. The Labute approximate surface area is 124 Å². The molecule has 1 aromatic heterocycles. The third-order valence-electron chi connectivity index (χ3n) is 2.74. The lowest BCUT2D eigenvalue weighted by Crippen LogP contribution is -2.27. The van der Waals surface area contributed by atoms with E-state index in [1.165, 1.54) is 13.8 Å². The standard InChI is InChI=1S/C14H14F3NO4/c1-8(12(20)21)6-11(19)22-13(2,3)10-5-4-9(7-18-10)14(15,16)17/h4-5,7H,1,6H2,2-3H3,(H,20,21). The van der Waals surface area contributed by atoms with Crippen LogP contribution < -0.4 is 0 Å². The largest absolute Gasteiger partial charge is 0.478 e. The molecule has 0 aromatic carbocycles. The fourth-order valence-electron chi connectivity index (χ4n) is 1.54.